The van der Waals surface area contributed by atoms with E-state index in [1.54, 1.807) is 31.4 Å². The highest BCUT2D eigenvalue weighted by Crippen LogP contribution is 2.18. The molecule has 9 N–H and O–H groups in total. The van der Waals surface area contributed by atoms with Crippen LogP contribution >= 0.6 is 0 Å². The zero-order valence-corrected chi connectivity index (χ0v) is 40.9. The van der Waals surface area contributed by atoms with Crippen molar-refractivity contribution in [2.45, 2.75) is 118 Å². The van der Waals surface area contributed by atoms with Gasteiger partial charge in [0.1, 0.15) is 12.5 Å². The number of carbonyl (C=O) groups is 3. The van der Waals surface area contributed by atoms with E-state index in [2.05, 4.69) is 57.0 Å². The second-order valence-corrected chi connectivity index (χ2v) is 16.3. The molecular weight excluding hydrogens is 823 g/mol. The zero-order chi connectivity index (χ0) is 48.1. The molecular formula is C50H85N9O6. The molecule has 366 valence electrons. The fourth-order valence-corrected chi connectivity index (χ4v) is 6.43. The van der Waals surface area contributed by atoms with Gasteiger partial charge in [0, 0.05) is 94.5 Å². The fraction of sp³-hybridized carbons (Fsp3) is 0.580. The Morgan fingerprint density at radius 1 is 0.785 bits per heavy atom. The van der Waals surface area contributed by atoms with E-state index < -0.39 is 5.60 Å². The van der Waals surface area contributed by atoms with Crippen molar-refractivity contribution < 1.29 is 28.6 Å². The number of allylic oxidation sites excluding steroid dienone is 3. The lowest BCUT2D eigenvalue weighted by Crippen LogP contribution is -2.46. The Balaban J connectivity index is 0.000000574. The van der Waals surface area contributed by atoms with Crippen LogP contribution in [0.15, 0.2) is 84.8 Å². The van der Waals surface area contributed by atoms with Gasteiger partial charge in [-0.15, -0.1) is 0 Å². The highest BCUT2D eigenvalue weighted by atomic mass is 16.5. The van der Waals surface area contributed by atoms with Gasteiger partial charge in [0.15, 0.2) is 0 Å². The molecule has 0 atom stereocenters. The molecule has 65 heavy (non-hydrogen) atoms. The van der Waals surface area contributed by atoms with Gasteiger partial charge >= 0.3 is 0 Å². The number of hydrogen-bond donors (Lipinski definition) is 7. The van der Waals surface area contributed by atoms with E-state index in [1.807, 2.05) is 70.2 Å². The second-order valence-electron chi connectivity index (χ2n) is 16.3. The average molecular weight is 908 g/mol. The molecule has 1 saturated heterocycles. The first-order valence-electron chi connectivity index (χ1n) is 23.6. The number of unbranched alkanes of at least 4 members (excludes halogenated alkanes) is 4. The molecule has 0 saturated carbocycles. The van der Waals surface area contributed by atoms with E-state index in [9.17, 15) is 14.4 Å². The van der Waals surface area contributed by atoms with Gasteiger partial charge in [-0.25, -0.2) is 5.43 Å². The maximum absolute atomic E-state index is 12.0. The van der Waals surface area contributed by atoms with Crippen molar-refractivity contribution >= 4 is 40.5 Å². The Bertz CT molecular complexity index is 1640. The topological polar surface area (TPSA) is 198 Å². The minimum absolute atomic E-state index is 0.0828. The summed E-state index contributed by atoms with van der Waals surface area (Å²) >= 11 is 0. The maximum atomic E-state index is 12.0. The zero-order valence-electron chi connectivity index (χ0n) is 40.9. The summed E-state index contributed by atoms with van der Waals surface area (Å²) < 4.78 is 16.4. The van der Waals surface area contributed by atoms with Gasteiger partial charge in [0.05, 0.1) is 18.4 Å². The molecule has 15 nitrogen and oxygen atoms in total. The molecule has 3 rings (SSSR count). The van der Waals surface area contributed by atoms with Crippen molar-refractivity contribution in [2.75, 3.05) is 95.0 Å². The molecule has 0 spiro atoms. The van der Waals surface area contributed by atoms with E-state index in [4.69, 9.17) is 25.7 Å². The fourth-order valence-electron chi connectivity index (χ4n) is 6.43. The Labute approximate surface area is 391 Å². The first-order chi connectivity index (χ1) is 31.3. The van der Waals surface area contributed by atoms with Crippen LogP contribution in [0.2, 0.25) is 0 Å². The molecule has 1 aliphatic heterocycles. The molecule has 0 unspecified atom stereocenters. The number of anilines is 4. The monoisotopic (exact) mass is 908 g/mol. The van der Waals surface area contributed by atoms with Crippen molar-refractivity contribution in [1.29, 1.82) is 0 Å². The number of carbonyl (C=O) groups excluding carboxylic acids is 3. The van der Waals surface area contributed by atoms with Crippen LogP contribution in [0.4, 0.5) is 22.7 Å². The van der Waals surface area contributed by atoms with Crippen molar-refractivity contribution in [1.82, 2.24) is 26.0 Å². The third-order valence-corrected chi connectivity index (χ3v) is 10.3. The van der Waals surface area contributed by atoms with Gasteiger partial charge in [-0.05, 0) is 114 Å². The summed E-state index contributed by atoms with van der Waals surface area (Å²) in [5, 5.41) is 9.05. The summed E-state index contributed by atoms with van der Waals surface area (Å²) in [6.45, 7) is 24.0. The number of nitrogens with two attached hydrogens (primary N) is 2. The Hall–Kier alpha value is -5.09. The van der Waals surface area contributed by atoms with Crippen LogP contribution in [0, 0.1) is 0 Å². The van der Waals surface area contributed by atoms with Crippen molar-refractivity contribution in [3.63, 3.8) is 0 Å². The summed E-state index contributed by atoms with van der Waals surface area (Å²) in [5.41, 5.74) is 20.3. The number of rotatable bonds is 29. The van der Waals surface area contributed by atoms with Gasteiger partial charge in [-0.1, -0.05) is 58.6 Å². The largest absolute Gasteiger partial charge is 0.495 e. The first-order valence-corrected chi connectivity index (χ1v) is 23.6. The highest BCUT2D eigenvalue weighted by molar-refractivity contribution is 5.90. The van der Waals surface area contributed by atoms with Gasteiger partial charge in [-0.2, -0.15) is 0 Å². The predicted molar refractivity (Wildman–Crippen MR) is 269 cm³/mol. The van der Waals surface area contributed by atoms with Crippen LogP contribution in [0.1, 0.15) is 112 Å². The second kappa shape index (κ2) is 36.2. The maximum Gasteiger partial charge on any atom is 0.234 e. The summed E-state index contributed by atoms with van der Waals surface area (Å²) in [6.07, 6.45) is 15.7. The van der Waals surface area contributed by atoms with E-state index in [1.165, 1.54) is 32.1 Å². The molecule has 1 fully saturated rings. The van der Waals surface area contributed by atoms with E-state index in [0.29, 0.717) is 50.4 Å². The van der Waals surface area contributed by atoms with E-state index in [-0.39, 0.29) is 37.3 Å². The number of benzene rings is 2. The molecule has 0 aliphatic carbocycles. The SMILES string of the molecule is C=C/C(=C(\C=C/C)OC)N1CCN(CCCNc2ccc(N)cc2)CC1.CCCCCCC.CCOCNNC(=O)CCC(=O)NCCC(C)(C)OCCCC(=O)Nc1ccc(N)cc1. The average Bonchev–Trinajstić information content (AvgIpc) is 3.29. The molecule has 0 aromatic heterocycles. The van der Waals surface area contributed by atoms with Gasteiger partial charge < -0.3 is 46.5 Å². The van der Waals surface area contributed by atoms with Crippen molar-refractivity contribution in [3.8, 4) is 0 Å². The predicted octanol–water partition coefficient (Wildman–Crippen LogP) is 7.97. The molecule has 1 aliphatic rings. The van der Waals surface area contributed by atoms with Gasteiger partial charge in [0.25, 0.3) is 0 Å². The smallest absolute Gasteiger partial charge is 0.234 e. The lowest BCUT2D eigenvalue weighted by molar-refractivity contribution is -0.127. The summed E-state index contributed by atoms with van der Waals surface area (Å²) in [6, 6.07) is 14.9. The van der Waals surface area contributed by atoms with Gasteiger partial charge in [0.2, 0.25) is 17.7 Å². The van der Waals surface area contributed by atoms with Crippen LogP contribution in [-0.4, -0.2) is 106 Å². The number of amides is 3. The number of nitrogens with one attached hydrogen (secondary N) is 5. The standard InChI is InChI=1S/C22H37N5O5.C21H32N4O.C7H16/c1-4-31-16-25-27-21(30)12-11-19(28)24-14-13-22(2,3)32-15-5-6-20(29)26-18-9-7-17(23)8-10-18;1-4-7-21(26-3)20(5-2)25-16-14-24(15-17-25)13-6-12-23-19-10-8-18(22)9-11-19;1-3-5-7-6-4-2/h7-10,25H,4-6,11-16,23H2,1-3H3,(H,24,28)(H,26,29)(H,27,30);4-5,7-11,23H,2,6,12-17,22H2,1,3H3;3-7H2,1-2H3/b;7-4-,21-20-;. The van der Waals surface area contributed by atoms with Crippen LogP contribution in [-0.2, 0) is 28.6 Å². The summed E-state index contributed by atoms with van der Waals surface area (Å²) in [4.78, 5) is 40.3. The van der Waals surface area contributed by atoms with Crippen LogP contribution in [0.3, 0.4) is 0 Å². The molecule has 15 heteroatoms. The molecule has 2 aromatic rings. The summed E-state index contributed by atoms with van der Waals surface area (Å²) in [7, 11) is 1.71. The number of nitrogens with zero attached hydrogens (tertiary/aromatic N) is 2. The quantitative estimate of drug-likeness (QED) is 0.0104. The Kier molecular flexibility index (Phi) is 32.2. The minimum Gasteiger partial charge on any atom is -0.495 e. The third-order valence-electron chi connectivity index (χ3n) is 10.3. The normalized spacial score (nSPS) is 13.1. The van der Waals surface area contributed by atoms with Crippen molar-refractivity contribution in [2.24, 2.45) is 0 Å². The molecule has 0 radical (unpaired) electrons. The number of piperazine rings is 1. The minimum atomic E-state index is -0.443. The van der Waals surface area contributed by atoms with E-state index >= 15 is 0 Å². The molecule has 1 heterocycles. The number of hydrazine groups is 1. The summed E-state index contributed by atoms with van der Waals surface area (Å²) in [5.74, 6) is 0.327. The number of methoxy groups -OCH3 is 1. The number of ether oxygens (including phenoxy) is 3. The van der Waals surface area contributed by atoms with Crippen molar-refractivity contribution in [3.05, 3.63) is 84.8 Å². The Morgan fingerprint density at radius 3 is 1.97 bits per heavy atom. The van der Waals surface area contributed by atoms with E-state index in [0.717, 1.165) is 68.5 Å². The molecule has 0 bridgehead atoms. The first kappa shape index (κ1) is 57.9. The highest BCUT2D eigenvalue weighted by Gasteiger charge is 2.20. The lowest BCUT2D eigenvalue weighted by Gasteiger charge is -2.37. The van der Waals surface area contributed by atoms with Gasteiger partial charge in [-0.3, -0.25) is 24.7 Å². The van der Waals surface area contributed by atoms with Crippen LogP contribution in [0.5, 0.6) is 0 Å². The van der Waals surface area contributed by atoms with Crippen LogP contribution < -0.4 is 38.3 Å². The number of hydrogen-bond acceptors (Lipinski definition) is 12. The third kappa shape index (κ3) is 29.1. The molecule has 2 aromatic carbocycles. The van der Waals surface area contributed by atoms with Crippen LogP contribution in [0.25, 0.3) is 0 Å². The Morgan fingerprint density at radius 2 is 1.40 bits per heavy atom. The number of nitrogen functional groups attached to an aromatic ring is 2. The molecule has 3 amide bonds. The lowest BCUT2D eigenvalue weighted by atomic mass is 10.1.